The SMILES string of the molecule is CC1CC=C(C(C)C)C(=CC(=O)c2ccccc2)C1. The Morgan fingerprint density at radius 2 is 1.95 bits per heavy atom. The number of hydrogen-bond donors (Lipinski definition) is 0. The van der Waals surface area contributed by atoms with Crippen LogP contribution in [0.5, 0.6) is 0 Å². The quantitative estimate of drug-likeness (QED) is 0.559. The van der Waals surface area contributed by atoms with Crippen molar-refractivity contribution in [1.29, 1.82) is 0 Å². The summed E-state index contributed by atoms with van der Waals surface area (Å²) in [4.78, 5) is 12.3. The second kappa shape index (κ2) is 6.01. The van der Waals surface area contributed by atoms with Crippen molar-refractivity contribution in [2.45, 2.75) is 33.6 Å². The summed E-state index contributed by atoms with van der Waals surface area (Å²) in [5, 5.41) is 0. The van der Waals surface area contributed by atoms with Crippen LogP contribution >= 0.6 is 0 Å². The third-order valence-corrected chi connectivity index (χ3v) is 3.66. The van der Waals surface area contributed by atoms with Crippen LogP contribution < -0.4 is 0 Å². The molecule has 1 aliphatic carbocycles. The lowest BCUT2D eigenvalue weighted by Gasteiger charge is -2.24. The van der Waals surface area contributed by atoms with Gasteiger partial charge in [-0.25, -0.2) is 0 Å². The zero-order valence-corrected chi connectivity index (χ0v) is 12.0. The van der Waals surface area contributed by atoms with Gasteiger partial charge < -0.3 is 0 Å². The van der Waals surface area contributed by atoms with Gasteiger partial charge in [-0.1, -0.05) is 57.2 Å². The van der Waals surface area contributed by atoms with Crippen LogP contribution in [0.3, 0.4) is 0 Å². The first-order valence-corrected chi connectivity index (χ1v) is 7.08. The molecule has 0 saturated carbocycles. The van der Waals surface area contributed by atoms with E-state index in [4.69, 9.17) is 0 Å². The van der Waals surface area contributed by atoms with Crippen molar-refractivity contribution in [2.75, 3.05) is 0 Å². The molecule has 1 aromatic carbocycles. The Morgan fingerprint density at radius 1 is 1.26 bits per heavy atom. The van der Waals surface area contributed by atoms with Gasteiger partial charge in [0.1, 0.15) is 0 Å². The molecule has 0 saturated heterocycles. The summed E-state index contributed by atoms with van der Waals surface area (Å²) >= 11 is 0. The second-order valence-electron chi connectivity index (χ2n) is 5.76. The van der Waals surface area contributed by atoms with Gasteiger partial charge in [0.05, 0.1) is 0 Å². The van der Waals surface area contributed by atoms with Gasteiger partial charge in [-0.15, -0.1) is 0 Å². The Morgan fingerprint density at radius 3 is 2.58 bits per heavy atom. The van der Waals surface area contributed by atoms with Gasteiger partial charge in [-0.3, -0.25) is 4.79 Å². The van der Waals surface area contributed by atoms with Gasteiger partial charge in [-0.2, -0.15) is 0 Å². The fraction of sp³-hybridized carbons (Fsp3) is 0.389. The molecular weight excluding hydrogens is 232 g/mol. The van der Waals surface area contributed by atoms with Gasteiger partial charge in [0.2, 0.25) is 0 Å². The molecule has 0 aromatic heterocycles. The number of hydrogen-bond acceptors (Lipinski definition) is 1. The van der Waals surface area contributed by atoms with Crippen LogP contribution in [-0.2, 0) is 0 Å². The Kier molecular flexibility index (Phi) is 4.36. The molecule has 1 heteroatoms. The normalized spacial score (nSPS) is 21.6. The Balaban J connectivity index is 2.28. The zero-order valence-electron chi connectivity index (χ0n) is 12.0. The number of carbonyl (C=O) groups excluding carboxylic acids is 1. The number of carbonyl (C=O) groups is 1. The van der Waals surface area contributed by atoms with Crippen LogP contribution in [0.1, 0.15) is 44.0 Å². The molecule has 1 nitrogen and oxygen atoms in total. The van der Waals surface area contributed by atoms with Gasteiger partial charge >= 0.3 is 0 Å². The zero-order chi connectivity index (χ0) is 13.8. The lowest BCUT2D eigenvalue weighted by atomic mass is 9.81. The Bertz CT molecular complexity index is 506. The average molecular weight is 254 g/mol. The van der Waals surface area contributed by atoms with E-state index in [-0.39, 0.29) is 5.78 Å². The summed E-state index contributed by atoms with van der Waals surface area (Å²) in [6.07, 6.45) is 6.30. The average Bonchev–Trinajstić information content (AvgIpc) is 2.39. The van der Waals surface area contributed by atoms with E-state index in [1.807, 2.05) is 36.4 Å². The lowest BCUT2D eigenvalue weighted by Crippen LogP contribution is -2.11. The summed E-state index contributed by atoms with van der Waals surface area (Å²) in [5.41, 5.74) is 3.35. The third-order valence-electron chi connectivity index (χ3n) is 3.66. The van der Waals surface area contributed by atoms with Crippen molar-refractivity contribution in [2.24, 2.45) is 11.8 Å². The van der Waals surface area contributed by atoms with E-state index in [9.17, 15) is 4.79 Å². The van der Waals surface area contributed by atoms with E-state index in [0.717, 1.165) is 18.4 Å². The standard InChI is InChI=1S/C18H22O/c1-13(2)17-10-9-14(3)11-16(17)12-18(19)15-7-5-4-6-8-15/h4-8,10,12-14H,9,11H2,1-3H3. The van der Waals surface area contributed by atoms with Crippen molar-refractivity contribution < 1.29 is 4.79 Å². The molecule has 0 bridgehead atoms. The molecule has 0 aliphatic heterocycles. The second-order valence-corrected chi connectivity index (χ2v) is 5.76. The van der Waals surface area contributed by atoms with E-state index in [0.29, 0.717) is 11.8 Å². The van der Waals surface area contributed by atoms with Crippen molar-refractivity contribution in [1.82, 2.24) is 0 Å². The van der Waals surface area contributed by atoms with Crippen LogP contribution in [-0.4, -0.2) is 5.78 Å². The number of rotatable bonds is 3. The maximum atomic E-state index is 12.3. The first kappa shape index (κ1) is 13.8. The van der Waals surface area contributed by atoms with Crippen molar-refractivity contribution in [3.05, 3.63) is 59.2 Å². The van der Waals surface area contributed by atoms with Crippen LogP contribution in [0, 0.1) is 11.8 Å². The van der Waals surface area contributed by atoms with Crippen LogP contribution in [0.25, 0.3) is 0 Å². The van der Waals surface area contributed by atoms with E-state index in [1.54, 1.807) is 0 Å². The Labute approximate surface area is 116 Å². The number of ketones is 1. The predicted molar refractivity (Wildman–Crippen MR) is 80.2 cm³/mol. The minimum atomic E-state index is 0.122. The summed E-state index contributed by atoms with van der Waals surface area (Å²) in [6, 6.07) is 9.52. The Hall–Kier alpha value is -1.63. The molecule has 100 valence electrons. The molecule has 0 radical (unpaired) electrons. The van der Waals surface area contributed by atoms with Crippen LogP contribution in [0.15, 0.2) is 53.6 Å². The fourth-order valence-corrected chi connectivity index (χ4v) is 2.63. The number of allylic oxidation sites excluding steroid dienone is 4. The summed E-state index contributed by atoms with van der Waals surface area (Å²) in [5.74, 6) is 1.25. The smallest absolute Gasteiger partial charge is 0.186 e. The summed E-state index contributed by atoms with van der Waals surface area (Å²) in [7, 11) is 0. The molecule has 0 fully saturated rings. The van der Waals surface area contributed by atoms with E-state index < -0.39 is 0 Å². The molecule has 19 heavy (non-hydrogen) atoms. The van der Waals surface area contributed by atoms with Crippen molar-refractivity contribution in [3.8, 4) is 0 Å². The highest BCUT2D eigenvalue weighted by molar-refractivity contribution is 6.05. The summed E-state index contributed by atoms with van der Waals surface area (Å²) < 4.78 is 0. The number of benzene rings is 1. The first-order chi connectivity index (χ1) is 9.08. The van der Waals surface area contributed by atoms with Gasteiger partial charge in [0.25, 0.3) is 0 Å². The highest BCUT2D eigenvalue weighted by atomic mass is 16.1. The van der Waals surface area contributed by atoms with Crippen molar-refractivity contribution >= 4 is 5.78 Å². The monoisotopic (exact) mass is 254 g/mol. The molecular formula is C18H22O. The van der Waals surface area contributed by atoms with Crippen LogP contribution in [0.4, 0.5) is 0 Å². The molecule has 1 atom stereocenters. The molecule has 2 rings (SSSR count). The highest BCUT2D eigenvalue weighted by Crippen LogP contribution is 2.32. The molecule has 0 N–H and O–H groups in total. The van der Waals surface area contributed by atoms with E-state index in [1.165, 1.54) is 11.1 Å². The maximum absolute atomic E-state index is 12.3. The largest absolute Gasteiger partial charge is 0.289 e. The maximum Gasteiger partial charge on any atom is 0.186 e. The van der Waals surface area contributed by atoms with Crippen molar-refractivity contribution in [3.63, 3.8) is 0 Å². The fourth-order valence-electron chi connectivity index (χ4n) is 2.63. The van der Waals surface area contributed by atoms with Gasteiger partial charge in [-0.05, 0) is 41.9 Å². The predicted octanol–water partition coefficient (Wildman–Crippen LogP) is 4.81. The van der Waals surface area contributed by atoms with Crippen LogP contribution in [0.2, 0.25) is 0 Å². The first-order valence-electron chi connectivity index (χ1n) is 7.08. The lowest BCUT2D eigenvalue weighted by molar-refractivity contribution is 0.104. The topological polar surface area (TPSA) is 17.1 Å². The highest BCUT2D eigenvalue weighted by Gasteiger charge is 2.18. The van der Waals surface area contributed by atoms with E-state index >= 15 is 0 Å². The molecule has 1 unspecified atom stereocenters. The van der Waals surface area contributed by atoms with Gasteiger partial charge in [0.15, 0.2) is 5.78 Å². The molecule has 0 amide bonds. The summed E-state index contributed by atoms with van der Waals surface area (Å²) in [6.45, 7) is 6.64. The molecule has 0 heterocycles. The molecule has 1 aliphatic rings. The van der Waals surface area contributed by atoms with E-state index in [2.05, 4.69) is 26.8 Å². The molecule has 0 spiro atoms. The van der Waals surface area contributed by atoms with Gasteiger partial charge in [0, 0.05) is 5.56 Å². The third kappa shape index (κ3) is 3.44. The molecule has 1 aromatic rings. The minimum Gasteiger partial charge on any atom is -0.289 e. The minimum absolute atomic E-state index is 0.122.